The highest BCUT2D eigenvalue weighted by molar-refractivity contribution is 5.85. The maximum absolute atomic E-state index is 12.8. The third-order valence-electron chi connectivity index (χ3n) is 4.74. The Balaban J connectivity index is 1.93. The van der Waals surface area contributed by atoms with E-state index in [0.717, 1.165) is 24.1 Å². The van der Waals surface area contributed by atoms with Crippen LogP contribution < -0.4 is 5.56 Å². The predicted molar refractivity (Wildman–Crippen MR) is 89.9 cm³/mol. The molecule has 0 atom stereocenters. The van der Waals surface area contributed by atoms with Crippen molar-refractivity contribution >= 4 is 16.6 Å². The topological polar surface area (TPSA) is 93.8 Å². The molecular weight excluding hydrogens is 318 g/mol. The predicted octanol–water partition coefficient (Wildman–Crippen LogP) is 1.65. The van der Waals surface area contributed by atoms with E-state index >= 15 is 0 Å². The minimum Gasteiger partial charge on any atom is -0.295 e. The van der Waals surface area contributed by atoms with E-state index in [9.17, 15) is 10.1 Å². The Morgan fingerprint density at radius 1 is 1.28 bits per heavy atom. The van der Waals surface area contributed by atoms with E-state index in [0.29, 0.717) is 28.3 Å². The number of fused-ring (bicyclic) bond motifs is 3. The van der Waals surface area contributed by atoms with Crippen LogP contribution in [0.4, 0.5) is 0 Å². The summed E-state index contributed by atoms with van der Waals surface area (Å²) in [4.78, 5) is 17.3. The van der Waals surface area contributed by atoms with Gasteiger partial charge < -0.3 is 0 Å². The first-order chi connectivity index (χ1) is 12.2. The number of aryl methyl sites for hydroxylation is 1. The quantitative estimate of drug-likeness (QED) is 0.557. The van der Waals surface area contributed by atoms with E-state index in [2.05, 4.69) is 15.3 Å². The zero-order valence-corrected chi connectivity index (χ0v) is 13.4. The summed E-state index contributed by atoms with van der Waals surface area (Å²) < 4.78 is 4.63. The van der Waals surface area contributed by atoms with Gasteiger partial charge in [0, 0.05) is 13.0 Å². The van der Waals surface area contributed by atoms with Crippen LogP contribution in [0.15, 0.2) is 35.4 Å². The molecule has 3 aromatic heterocycles. The molecule has 5 rings (SSSR count). The van der Waals surface area contributed by atoms with Crippen molar-refractivity contribution in [1.82, 2.24) is 28.9 Å². The molecular formula is C17H13N7O. The first kappa shape index (κ1) is 13.9. The molecule has 1 aliphatic rings. The third kappa shape index (κ3) is 1.80. The van der Waals surface area contributed by atoms with E-state index in [1.807, 2.05) is 28.8 Å². The minimum atomic E-state index is -0.103. The van der Waals surface area contributed by atoms with Crippen LogP contribution in [0.1, 0.15) is 24.5 Å². The number of nitriles is 1. The molecule has 1 aliphatic carbocycles. The molecule has 0 spiro atoms. The molecule has 0 unspecified atom stereocenters. The van der Waals surface area contributed by atoms with Gasteiger partial charge in [-0.3, -0.25) is 13.8 Å². The number of hydrogen-bond acceptors (Lipinski definition) is 5. The highest BCUT2D eigenvalue weighted by atomic mass is 16.1. The lowest BCUT2D eigenvalue weighted by Crippen LogP contribution is -2.19. The second-order valence-corrected chi connectivity index (χ2v) is 6.28. The highest BCUT2D eigenvalue weighted by Gasteiger charge is 2.33. The number of nitrogens with zero attached hydrogens (tertiary/aromatic N) is 7. The third-order valence-corrected chi connectivity index (χ3v) is 4.74. The van der Waals surface area contributed by atoms with Crippen molar-refractivity contribution in [3.8, 4) is 17.6 Å². The summed E-state index contributed by atoms with van der Waals surface area (Å²) in [5.41, 5.74) is 3.22. The summed E-state index contributed by atoms with van der Waals surface area (Å²) in [7, 11) is 1.71. The van der Waals surface area contributed by atoms with Gasteiger partial charge in [-0.1, -0.05) is 17.3 Å². The number of benzene rings is 1. The molecule has 1 aromatic carbocycles. The summed E-state index contributed by atoms with van der Waals surface area (Å²) in [6, 6.07) is 7.41. The number of rotatable bonds is 2. The maximum Gasteiger partial charge on any atom is 0.261 e. The van der Waals surface area contributed by atoms with Crippen LogP contribution in [0, 0.1) is 11.5 Å². The van der Waals surface area contributed by atoms with Crippen molar-refractivity contribution in [2.45, 2.75) is 18.8 Å². The Morgan fingerprint density at radius 2 is 2.08 bits per heavy atom. The second-order valence-electron chi connectivity index (χ2n) is 6.28. The molecule has 0 radical (unpaired) electrons. The number of aromatic nitrogens is 6. The molecule has 0 saturated heterocycles. The number of hydrogen-bond donors (Lipinski definition) is 0. The van der Waals surface area contributed by atoms with Crippen LogP contribution in [0.5, 0.6) is 0 Å². The fourth-order valence-electron chi connectivity index (χ4n) is 3.36. The van der Waals surface area contributed by atoms with Gasteiger partial charge >= 0.3 is 0 Å². The average molecular weight is 331 g/mol. The van der Waals surface area contributed by atoms with Crippen molar-refractivity contribution < 1.29 is 0 Å². The zero-order valence-electron chi connectivity index (χ0n) is 13.4. The Labute approximate surface area is 141 Å². The van der Waals surface area contributed by atoms with Crippen molar-refractivity contribution in [2.24, 2.45) is 7.05 Å². The molecule has 0 aliphatic heterocycles. The molecule has 0 bridgehead atoms. The fraction of sp³-hybridized carbons (Fsp3) is 0.235. The summed E-state index contributed by atoms with van der Waals surface area (Å²) >= 11 is 0. The number of para-hydroxylation sites is 1. The van der Waals surface area contributed by atoms with Crippen molar-refractivity contribution in [3.63, 3.8) is 0 Å². The Kier molecular flexibility index (Phi) is 2.65. The normalized spacial score (nSPS) is 14.2. The molecule has 3 heterocycles. The molecule has 0 N–H and O–H groups in total. The summed E-state index contributed by atoms with van der Waals surface area (Å²) in [5, 5.41) is 18.2. The van der Waals surface area contributed by atoms with E-state index in [1.165, 1.54) is 4.68 Å². The van der Waals surface area contributed by atoms with Crippen molar-refractivity contribution in [1.29, 1.82) is 5.26 Å². The summed E-state index contributed by atoms with van der Waals surface area (Å²) in [6.07, 6.45) is 5.77. The molecule has 25 heavy (non-hydrogen) atoms. The van der Waals surface area contributed by atoms with Crippen LogP contribution in [0.2, 0.25) is 0 Å². The van der Waals surface area contributed by atoms with Gasteiger partial charge in [0.2, 0.25) is 6.19 Å². The standard InChI is InChI=1S/C17H13N7O/c1-22-16-14(15-13(10-6-7-10)20-21-24(15)8-18)19-9-23(16)12-5-3-2-4-11(12)17(22)25/h2-5,9-10H,6-7H2,1H3. The van der Waals surface area contributed by atoms with Gasteiger partial charge in [-0.2, -0.15) is 5.26 Å². The van der Waals surface area contributed by atoms with Gasteiger partial charge in [-0.25, -0.2) is 4.98 Å². The molecule has 8 nitrogen and oxygen atoms in total. The van der Waals surface area contributed by atoms with Crippen LogP contribution in [-0.2, 0) is 7.05 Å². The molecule has 8 heteroatoms. The van der Waals surface area contributed by atoms with Gasteiger partial charge in [-0.05, 0) is 25.0 Å². The monoisotopic (exact) mass is 331 g/mol. The highest BCUT2D eigenvalue weighted by Crippen LogP contribution is 2.43. The second kappa shape index (κ2) is 4.77. The van der Waals surface area contributed by atoms with Crippen LogP contribution in [0.3, 0.4) is 0 Å². The van der Waals surface area contributed by atoms with Gasteiger partial charge in [0.15, 0.2) is 0 Å². The molecule has 1 fully saturated rings. The first-order valence-electron chi connectivity index (χ1n) is 8.01. The molecule has 122 valence electrons. The van der Waals surface area contributed by atoms with Crippen LogP contribution >= 0.6 is 0 Å². The van der Waals surface area contributed by atoms with Crippen molar-refractivity contribution in [2.75, 3.05) is 0 Å². The van der Waals surface area contributed by atoms with Crippen LogP contribution in [0.25, 0.3) is 27.9 Å². The minimum absolute atomic E-state index is 0.103. The van der Waals surface area contributed by atoms with Gasteiger partial charge in [0.05, 0.1) is 16.6 Å². The van der Waals surface area contributed by atoms with E-state index in [1.54, 1.807) is 24.0 Å². The lowest BCUT2D eigenvalue weighted by atomic mass is 10.1. The average Bonchev–Trinajstić information content (AvgIpc) is 3.25. The molecule has 4 aromatic rings. The van der Waals surface area contributed by atoms with Crippen LogP contribution in [-0.4, -0.2) is 28.9 Å². The fourth-order valence-corrected chi connectivity index (χ4v) is 3.36. The molecule has 1 saturated carbocycles. The smallest absolute Gasteiger partial charge is 0.261 e. The molecule has 0 amide bonds. The zero-order chi connectivity index (χ0) is 17.1. The Hall–Kier alpha value is -3.47. The first-order valence-corrected chi connectivity index (χ1v) is 8.01. The largest absolute Gasteiger partial charge is 0.295 e. The van der Waals surface area contributed by atoms with E-state index in [4.69, 9.17) is 0 Å². The Bertz CT molecular complexity index is 1250. The number of imidazole rings is 1. The summed E-state index contributed by atoms with van der Waals surface area (Å²) in [5.74, 6) is 0.311. The SMILES string of the molecule is Cn1c(=O)c2ccccc2n2cnc(-c3c(C4CC4)nnn3C#N)c12. The van der Waals surface area contributed by atoms with Gasteiger partial charge in [0.25, 0.3) is 5.56 Å². The van der Waals surface area contributed by atoms with Gasteiger partial charge in [0.1, 0.15) is 23.4 Å². The summed E-state index contributed by atoms with van der Waals surface area (Å²) in [6.45, 7) is 0. The lowest BCUT2D eigenvalue weighted by molar-refractivity contribution is 0.810. The van der Waals surface area contributed by atoms with Gasteiger partial charge in [-0.15, -0.1) is 9.78 Å². The Morgan fingerprint density at radius 3 is 2.84 bits per heavy atom. The van der Waals surface area contributed by atoms with E-state index < -0.39 is 0 Å². The van der Waals surface area contributed by atoms with Crippen molar-refractivity contribution in [3.05, 3.63) is 46.6 Å². The maximum atomic E-state index is 12.8. The van der Waals surface area contributed by atoms with E-state index in [-0.39, 0.29) is 5.56 Å². The lowest BCUT2D eigenvalue weighted by Gasteiger charge is -2.08.